The summed E-state index contributed by atoms with van der Waals surface area (Å²) in [5.74, 6) is 6.31. The van der Waals surface area contributed by atoms with Crippen LogP contribution in [-0.2, 0) is 6.54 Å². The zero-order valence-electron chi connectivity index (χ0n) is 27.5. The first-order valence-electron chi connectivity index (χ1n) is 16.1. The fourth-order valence-corrected chi connectivity index (χ4v) is 6.86. The molecule has 1 aromatic heterocycles. The van der Waals surface area contributed by atoms with Gasteiger partial charge in [-0.3, -0.25) is 14.5 Å². The minimum Gasteiger partial charge on any atom is -0.369 e. The Bertz CT molecular complexity index is 1460. The van der Waals surface area contributed by atoms with E-state index in [2.05, 4.69) is 59.0 Å². The summed E-state index contributed by atoms with van der Waals surface area (Å²) in [4.78, 5) is 35.2. The minimum atomic E-state index is -4.20. The standard InChI is InChI=1S/C35H48F3N5O2/c1-7-43(29-12-10-28(11-13-29)41(5)6)32-20-27(9-8-26-14-16-42(17-15-26)22-35(36,37)38)19-30(25(32)4)33(44)39-21-31-23(2)18-24(3)40-34(31)45/h18-20,26,28-29H,7,10-17,21-22H2,1-6H3,(H,39,44)(H,40,45)/t28-,29-. The van der Waals surface area contributed by atoms with Crippen molar-refractivity contribution in [2.45, 2.75) is 91.0 Å². The zero-order valence-corrected chi connectivity index (χ0v) is 27.5. The number of carbonyl (C=O) groups is 1. The molecule has 246 valence electrons. The van der Waals surface area contributed by atoms with Gasteiger partial charge in [0.25, 0.3) is 11.5 Å². The average Bonchev–Trinajstić information content (AvgIpc) is 2.97. The van der Waals surface area contributed by atoms with Crippen molar-refractivity contribution in [1.29, 1.82) is 0 Å². The molecule has 0 bridgehead atoms. The quantitative estimate of drug-likeness (QED) is 0.376. The normalized spacial score (nSPS) is 19.7. The molecule has 1 saturated heterocycles. The summed E-state index contributed by atoms with van der Waals surface area (Å²) >= 11 is 0. The van der Waals surface area contributed by atoms with Gasteiger partial charge < -0.3 is 20.1 Å². The molecule has 1 aliphatic carbocycles. The Morgan fingerprint density at radius 1 is 1.02 bits per heavy atom. The molecule has 2 N–H and O–H groups in total. The summed E-state index contributed by atoms with van der Waals surface area (Å²) in [7, 11) is 4.26. The number of aromatic amines is 1. The molecule has 1 aliphatic heterocycles. The van der Waals surface area contributed by atoms with E-state index in [1.54, 1.807) is 0 Å². The lowest BCUT2D eigenvalue weighted by Gasteiger charge is -2.40. The van der Waals surface area contributed by atoms with Gasteiger partial charge in [-0.05, 0) is 123 Å². The van der Waals surface area contributed by atoms with E-state index in [9.17, 15) is 22.8 Å². The summed E-state index contributed by atoms with van der Waals surface area (Å²) in [6, 6.07) is 6.67. The van der Waals surface area contributed by atoms with Crippen LogP contribution in [0.15, 0.2) is 23.0 Å². The fraction of sp³-hybridized carbons (Fsp3) is 0.600. The van der Waals surface area contributed by atoms with Crippen molar-refractivity contribution in [1.82, 2.24) is 20.1 Å². The zero-order chi connectivity index (χ0) is 32.9. The number of hydrogen-bond donors (Lipinski definition) is 2. The lowest BCUT2D eigenvalue weighted by atomic mass is 9.88. The second-order valence-corrected chi connectivity index (χ2v) is 12.9. The van der Waals surface area contributed by atoms with Crippen molar-refractivity contribution in [3.8, 4) is 11.8 Å². The Morgan fingerprint density at radius 3 is 2.24 bits per heavy atom. The lowest BCUT2D eigenvalue weighted by Crippen LogP contribution is -2.42. The van der Waals surface area contributed by atoms with E-state index in [0.717, 1.165) is 54.7 Å². The van der Waals surface area contributed by atoms with Crippen LogP contribution in [0, 0.1) is 38.5 Å². The van der Waals surface area contributed by atoms with Gasteiger partial charge in [0.15, 0.2) is 0 Å². The van der Waals surface area contributed by atoms with E-state index in [0.29, 0.717) is 54.7 Å². The molecule has 7 nitrogen and oxygen atoms in total. The summed E-state index contributed by atoms with van der Waals surface area (Å²) in [5, 5.41) is 2.97. The summed E-state index contributed by atoms with van der Waals surface area (Å²) in [6.45, 7) is 8.52. The molecule has 1 saturated carbocycles. The molecule has 0 radical (unpaired) electrons. The van der Waals surface area contributed by atoms with Crippen LogP contribution in [-0.4, -0.2) is 79.2 Å². The molecule has 2 heterocycles. The van der Waals surface area contributed by atoms with E-state index in [1.165, 1.54) is 4.90 Å². The van der Waals surface area contributed by atoms with E-state index >= 15 is 0 Å². The van der Waals surface area contributed by atoms with Crippen LogP contribution < -0.4 is 15.8 Å². The Hall–Kier alpha value is -3.29. The first-order valence-corrected chi connectivity index (χ1v) is 16.1. The van der Waals surface area contributed by atoms with Gasteiger partial charge in [0.1, 0.15) is 0 Å². The van der Waals surface area contributed by atoms with Crippen LogP contribution in [0.5, 0.6) is 0 Å². The number of amides is 1. The average molecular weight is 628 g/mol. The van der Waals surface area contributed by atoms with Crippen molar-refractivity contribution >= 4 is 11.6 Å². The maximum Gasteiger partial charge on any atom is 0.401 e. The number of likely N-dealkylation sites (tertiary alicyclic amines) is 1. The highest BCUT2D eigenvalue weighted by atomic mass is 19.4. The van der Waals surface area contributed by atoms with Gasteiger partial charge in [-0.2, -0.15) is 13.2 Å². The predicted octanol–water partition coefficient (Wildman–Crippen LogP) is 5.56. The van der Waals surface area contributed by atoms with Crippen molar-refractivity contribution in [2.24, 2.45) is 5.92 Å². The van der Waals surface area contributed by atoms with E-state index in [1.807, 2.05) is 32.9 Å². The fourth-order valence-electron chi connectivity index (χ4n) is 6.86. The monoisotopic (exact) mass is 627 g/mol. The number of rotatable bonds is 8. The molecule has 0 unspecified atom stereocenters. The van der Waals surface area contributed by atoms with Gasteiger partial charge in [-0.15, -0.1) is 0 Å². The maximum absolute atomic E-state index is 13.7. The number of nitrogens with zero attached hydrogens (tertiary/aromatic N) is 3. The van der Waals surface area contributed by atoms with E-state index in [4.69, 9.17) is 0 Å². The summed E-state index contributed by atoms with van der Waals surface area (Å²) in [5.41, 5.74) is 4.97. The highest BCUT2D eigenvalue weighted by molar-refractivity contribution is 5.97. The Morgan fingerprint density at radius 2 is 1.67 bits per heavy atom. The van der Waals surface area contributed by atoms with E-state index < -0.39 is 12.7 Å². The third-order valence-corrected chi connectivity index (χ3v) is 9.44. The number of piperidine rings is 1. The van der Waals surface area contributed by atoms with Gasteiger partial charge in [0.05, 0.1) is 6.54 Å². The molecule has 45 heavy (non-hydrogen) atoms. The number of halogens is 3. The highest BCUT2D eigenvalue weighted by Crippen LogP contribution is 2.33. The van der Waals surface area contributed by atoms with Gasteiger partial charge in [0.2, 0.25) is 0 Å². The lowest BCUT2D eigenvalue weighted by molar-refractivity contribution is -0.148. The first kappa shape index (κ1) is 34.6. The number of H-pyrrole nitrogens is 1. The number of pyridine rings is 1. The Kier molecular flexibility index (Phi) is 11.4. The smallest absolute Gasteiger partial charge is 0.369 e. The van der Waals surface area contributed by atoms with Crippen molar-refractivity contribution in [2.75, 3.05) is 45.2 Å². The molecule has 4 rings (SSSR count). The highest BCUT2D eigenvalue weighted by Gasteiger charge is 2.32. The summed E-state index contributed by atoms with van der Waals surface area (Å²) < 4.78 is 38.5. The first-order chi connectivity index (χ1) is 21.3. The van der Waals surface area contributed by atoms with Gasteiger partial charge in [-0.1, -0.05) is 11.8 Å². The third-order valence-electron chi connectivity index (χ3n) is 9.44. The van der Waals surface area contributed by atoms with Crippen molar-refractivity contribution < 1.29 is 18.0 Å². The van der Waals surface area contributed by atoms with Crippen LogP contribution in [0.3, 0.4) is 0 Å². The molecule has 10 heteroatoms. The summed E-state index contributed by atoms with van der Waals surface area (Å²) in [6.07, 6.45) is 1.29. The van der Waals surface area contributed by atoms with Crippen LogP contribution in [0.1, 0.15) is 83.8 Å². The molecule has 0 atom stereocenters. The minimum absolute atomic E-state index is 0.00339. The van der Waals surface area contributed by atoms with Crippen LogP contribution in [0.25, 0.3) is 0 Å². The topological polar surface area (TPSA) is 71.7 Å². The molecule has 2 fully saturated rings. The van der Waals surface area contributed by atoms with Gasteiger partial charge >= 0.3 is 6.18 Å². The molecule has 1 aromatic carbocycles. The van der Waals surface area contributed by atoms with Crippen LogP contribution in [0.4, 0.5) is 18.9 Å². The molecular weight excluding hydrogens is 579 g/mol. The second-order valence-electron chi connectivity index (χ2n) is 12.9. The second kappa shape index (κ2) is 14.9. The third kappa shape index (κ3) is 9.14. The van der Waals surface area contributed by atoms with Crippen molar-refractivity contribution in [3.63, 3.8) is 0 Å². The number of aromatic nitrogens is 1. The molecule has 2 aliphatic rings. The Balaban J connectivity index is 1.61. The number of hydrogen-bond acceptors (Lipinski definition) is 5. The number of alkyl halides is 3. The maximum atomic E-state index is 13.7. The number of anilines is 1. The van der Waals surface area contributed by atoms with E-state index in [-0.39, 0.29) is 23.9 Å². The van der Waals surface area contributed by atoms with Gasteiger partial charge in [0, 0.05) is 59.2 Å². The van der Waals surface area contributed by atoms with Crippen LogP contribution >= 0.6 is 0 Å². The van der Waals surface area contributed by atoms with Crippen LogP contribution in [0.2, 0.25) is 0 Å². The molecule has 2 aromatic rings. The van der Waals surface area contributed by atoms with Crippen molar-refractivity contribution in [3.05, 3.63) is 62.1 Å². The number of benzene rings is 1. The molecule has 0 spiro atoms. The number of nitrogens with one attached hydrogen (secondary N) is 2. The number of carbonyl (C=O) groups excluding carboxylic acids is 1. The Labute approximate surface area is 265 Å². The molecular formula is C35H48F3N5O2. The SMILES string of the molecule is CCN(c1cc(C#CC2CCN(CC(F)(F)F)CC2)cc(C(=O)NCc2c(C)cc(C)[nH]c2=O)c1C)[C@H]1CC[C@H](N(C)C)CC1. The molecule has 1 amide bonds. The number of aryl methyl sites for hydroxylation is 2. The predicted molar refractivity (Wildman–Crippen MR) is 174 cm³/mol. The van der Waals surface area contributed by atoms with Gasteiger partial charge in [-0.25, -0.2) is 0 Å². The largest absolute Gasteiger partial charge is 0.401 e.